The van der Waals surface area contributed by atoms with Crippen molar-refractivity contribution in [3.63, 3.8) is 0 Å². The zero-order valence-electron chi connectivity index (χ0n) is 9.22. The number of anilines is 1. The van der Waals surface area contributed by atoms with Crippen LogP contribution in [0.1, 0.15) is 0 Å². The Hall–Kier alpha value is -1.44. The lowest BCUT2D eigenvalue weighted by Gasteiger charge is -2.17. The van der Waals surface area contributed by atoms with Crippen LogP contribution in [0.3, 0.4) is 0 Å². The molecule has 0 bridgehead atoms. The Balaban J connectivity index is 2.52. The second-order valence-corrected chi connectivity index (χ2v) is 4.93. The average molecular weight is 342 g/mol. The molecule has 0 aliphatic carbocycles. The molecule has 1 aromatic carbocycles. The molecular weight excluding hydrogens is 331 g/mol. The van der Waals surface area contributed by atoms with Crippen molar-refractivity contribution in [1.82, 2.24) is 9.97 Å². The molecule has 0 saturated heterocycles. The molecule has 5 nitrogen and oxygen atoms in total. The minimum Gasteiger partial charge on any atom is -0.368 e. The van der Waals surface area contributed by atoms with E-state index in [9.17, 15) is 4.79 Å². The van der Waals surface area contributed by atoms with Crippen molar-refractivity contribution in [2.75, 3.05) is 18.5 Å². The first kappa shape index (κ1) is 12.0. The molecule has 1 heterocycles. The lowest BCUT2D eigenvalue weighted by atomic mass is 10.2. The molecule has 0 unspecified atom stereocenters. The number of halogens is 1. The SMILES string of the molecule is CN(CC(N)=O)c1ncnc2ccc(I)cc12. The molecule has 0 atom stereocenters. The molecule has 0 fully saturated rings. The molecule has 0 aliphatic rings. The summed E-state index contributed by atoms with van der Waals surface area (Å²) in [7, 11) is 1.78. The Morgan fingerprint density at radius 1 is 1.47 bits per heavy atom. The summed E-state index contributed by atoms with van der Waals surface area (Å²) in [4.78, 5) is 21.0. The summed E-state index contributed by atoms with van der Waals surface area (Å²) in [5, 5.41) is 0.920. The summed E-state index contributed by atoms with van der Waals surface area (Å²) in [5.74, 6) is 0.331. The number of carbonyl (C=O) groups is 1. The fourth-order valence-corrected chi connectivity index (χ4v) is 2.12. The van der Waals surface area contributed by atoms with Gasteiger partial charge in [-0.2, -0.15) is 0 Å². The van der Waals surface area contributed by atoms with Gasteiger partial charge in [0.15, 0.2) is 0 Å². The predicted octanol–water partition coefficient (Wildman–Crippen LogP) is 1.16. The van der Waals surface area contributed by atoms with Gasteiger partial charge in [0.05, 0.1) is 12.1 Å². The number of hydrogen-bond donors (Lipinski definition) is 1. The minimum absolute atomic E-state index is 0.136. The number of likely N-dealkylation sites (N-methyl/N-ethyl adjacent to an activating group) is 1. The maximum Gasteiger partial charge on any atom is 0.236 e. The van der Waals surface area contributed by atoms with Crippen LogP contribution in [0.2, 0.25) is 0 Å². The van der Waals surface area contributed by atoms with Gasteiger partial charge in [-0.15, -0.1) is 0 Å². The Morgan fingerprint density at radius 2 is 2.24 bits per heavy atom. The molecule has 1 aromatic heterocycles. The van der Waals surface area contributed by atoms with Gasteiger partial charge in [-0.05, 0) is 40.8 Å². The van der Waals surface area contributed by atoms with Crippen molar-refractivity contribution < 1.29 is 4.79 Å². The highest BCUT2D eigenvalue weighted by atomic mass is 127. The average Bonchev–Trinajstić information content (AvgIpc) is 2.27. The third-order valence-electron chi connectivity index (χ3n) is 2.33. The van der Waals surface area contributed by atoms with E-state index in [4.69, 9.17) is 5.73 Å². The first-order valence-electron chi connectivity index (χ1n) is 4.97. The number of carbonyl (C=O) groups excluding carboxylic acids is 1. The van der Waals surface area contributed by atoms with Gasteiger partial charge in [-0.25, -0.2) is 9.97 Å². The van der Waals surface area contributed by atoms with Gasteiger partial charge in [-0.1, -0.05) is 0 Å². The van der Waals surface area contributed by atoms with E-state index in [1.807, 2.05) is 18.2 Å². The van der Waals surface area contributed by atoms with Gasteiger partial charge in [0, 0.05) is 16.0 Å². The highest BCUT2D eigenvalue weighted by molar-refractivity contribution is 14.1. The number of aromatic nitrogens is 2. The van der Waals surface area contributed by atoms with Crippen LogP contribution in [0.4, 0.5) is 5.82 Å². The van der Waals surface area contributed by atoms with E-state index in [0.717, 1.165) is 14.5 Å². The standard InChI is InChI=1S/C11H11IN4O/c1-16(5-10(13)17)11-8-4-7(12)2-3-9(8)14-6-15-11/h2-4,6H,5H2,1H3,(H2,13,17). The van der Waals surface area contributed by atoms with Crippen molar-refractivity contribution in [2.45, 2.75) is 0 Å². The van der Waals surface area contributed by atoms with Gasteiger partial charge >= 0.3 is 0 Å². The molecule has 17 heavy (non-hydrogen) atoms. The van der Waals surface area contributed by atoms with Gasteiger partial charge in [-0.3, -0.25) is 4.79 Å². The van der Waals surface area contributed by atoms with Crippen LogP contribution < -0.4 is 10.6 Å². The van der Waals surface area contributed by atoms with Crippen LogP contribution in [0.5, 0.6) is 0 Å². The summed E-state index contributed by atoms with van der Waals surface area (Å²) in [6.07, 6.45) is 1.49. The molecule has 6 heteroatoms. The number of primary amides is 1. The number of nitrogens with two attached hydrogens (primary N) is 1. The third kappa shape index (κ3) is 2.63. The summed E-state index contributed by atoms with van der Waals surface area (Å²) < 4.78 is 1.10. The van der Waals surface area contributed by atoms with E-state index in [1.54, 1.807) is 11.9 Å². The van der Waals surface area contributed by atoms with Gasteiger partial charge < -0.3 is 10.6 Å². The fourth-order valence-electron chi connectivity index (χ4n) is 1.63. The Bertz CT molecular complexity index is 572. The maximum absolute atomic E-state index is 10.9. The zero-order valence-corrected chi connectivity index (χ0v) is 11.4. The monoisotopic (exact) mass is 342 g/mol. The molecule has 2 N–H and O–H groups in total. The number of benzene rings is 1. The van der Waals surface area contributed by atoms with Crippen LogP contribution >= 0.6 is 22.6 Å². The van der Waals surface area contributed by atoms with Crippen molar-refractivity contribution >= 4 is 45.2 Å². The highest BCUT2D eigenvalue weighted by Gasteiger charge is 2.10. The van der Waals surface area contributed by atoms with E-state index >= 15 is 0 Å². The molecule has 88 valence electrons. The van der Waals surface area contributed by atoms with Crippen LogP contribution in [-0.2, 0) is 4.79 Å². The number of rotatable bonds is 3. The van der Waals surface area contributed by atoms with Crippen molar-refractivity contribution in [2.24, 2.45) is 5.73 Å². The van der Waals surface area contributed by atoms with E-state index in [0.29, 0.717) is 5.82 Å². The topological polar surface area (TPSA) is 72.1 Å². The summed E-state index contributed by atoms with van der Waals surface area (Å²) >= 11 is 2.23. The maximum atomic E-state index is 10.9. The Labute approximate surface area is 112 Å². The molecule has 1 amide bonds. The normalized spacial score (nSPS) is 10.5. The molecule has 2 aromatic rings. The predicted molar refractivity (Wildman–Crippen MR) is 74.7 cm³/mol. The molecule has 2 rings (SSSR count). The first-order chi connectivity index (χ1) is 8.08. The second-order valence-electron chi connectivity index (χ2n) is 3.68. The second kappa shape index (κ2) is 4.82. The van der Waals surface area contributed by atoms with Gasteiger partial charge in [0.25, 0.3) is 0 Å². The molecule has 0 saturated carbocycles. The summed E-state index contributed by atoms with van der Waals surface area (Å²) in [6.45, 7) is 0.136. The molecule has 0 aliphatic heterocycles. The van der Waals surface area contributed by atoms with Crippen LogP contribution in [0.15, 0.2) is 24.5 Å². The first-order valence-corrected chi connectivity index (χ1v) is 6.05. The van der Waals surface area contributed by atoms with Crippen LogP contribution in [-0.4, -0.2) is 29.5 Å². The number of amides is 1. The number of nitrogens with zero attached hydrogens (tertiary/aromatic N) is 3. The minimum atomic E-state index is -0.384. The van der Waals surface area contributed by atoms with Crippen molar-refractivity contribution in [1.29, 1.82) is 0 Å². The van der Waals surface area contributed by atoms with E-state index in [1.165, 1.54) is 6.33 Å². The van der Waals surface area contributed by atoms with Gasteiger partial charge in [0.2, 0.25) is 5.91 Å². The number of fused-ring (bicyclic) bond motifs is 1. The lowest BCUT2D eigenvalue weighted by Crippen LogP contribution is -2.31. The largest absolute Gasteiger partial charge is 0.368 e. The quantitative estimate of drug-likeness (QED) is 0.850. The third-order valence-corrected chi connectivity index (χ3v) is 3.00. The van der Waals surface area contributed by atoms with Crippen molar-refractivity contribution in [3.05, 3.63) is 28.1 Å². The molecule has 0 radical (unpaired) electrons. The van der Waals surface area contributed by atoms with Gasteiger partial charge in [0.1, 0.15) is 12.1 Å². The highest BCUT2D eigenvalue weighted by Crippen LogP contribution is 2.23. The van der Waals surface area contributed by atoms with E-state index in [-0.39, 0.29) is 12.5 Å². The summed E-state index contributed by atoms with van der Waals surface area (Å²) in [6, 6.07) is 5.90. The van der Waals surface area contributed by atoms with E-state index in [2.05, 4.69) is 32.6 Å². The molecular formula is C11H11IN4O. The molecule has 0 spiro atoms. The number of hydrogen-bond acceptors (Lipinski definition) is 4. The Morgan fingerprint density at radius 3 is 2.94 bits per heavy atom. The smallest absolute Gasteiger partial charge is 0.236 e. The van der Waals surface area contributed by atoms with Crippen LogP contribution in [0.25, 0.3) is 10.9 Å². The summed E-state index contributed by atoms with van der Waals surface area (Å²) in [5.41, 5.74) is 6.03. The fraction of sp³-hybridized carbons (Fsp3) is 0.182. The lowest BCUT2D eigenvalue weighted by molar-refractivity contribution is -0.116. The van der Waals surface area contributed by atoms with Crippen LogP contribution in [0, 0.1) is 3.57 Å². The van der Waals surface area contributed by atoms with E-state index < -0.39 is 0 Å². The zero-order chi connectivity index (χ0) is 12.4. The Kier molecular flexibility index (Phi) is 3.41. The van der Waals surface area contributed by atoms with Crippen molar-refractivity contribution in [3.8, 4) is 0 Å².